The van der Waals surface area contributed by atoms with Crippen molar-refractivity contribution >= 4 is 16.8 Å². The maximum atomic E-state index is 13.6. The largest absolute Gasteiger partial charge is 0.354 e. The molecule has 1 aromatic rings. The smallest absolute Gasteiger partial charge is 0.191 e. The van der Waals surface area contributed by atoms with Gasteiger partial charge in [-0.2, -0.15) is 0 Å². The average molecular weight is 339 g/mol. The molecule has 0 aliphatic heterocycles. The van der Waals surface area contributed by atoms with Crippen molar-refractivity contribution in [3.05, 3.63) is 35.6 Å². The lowest BCUT2D eigenvalue weighted by molar-refractivity contribution is 0.413. The minimum atomic E-state index is -0.737. The highest BCUT2D eigenvalue weighted by atomic mass is 32.2. The predicted octanol–water partition coefficient (Wildman–Crippen LogP) is 2.57. The number of halogens is 1. The van der Waals surface area contributed by atoms with Gasteiger partial charge >= 0.3 is 0 Å². The summed E-state index contributed by atoms with van der Waals surface area (Å²) in [7, 11) is 0.972. The molecule has 1 aliphatic carbocycles. The molecule has 0 saturated heterocycles. The van der Waals surface area contributed by atoms with Crippen LogP contribution in [0, 0.1) is 5.82 Å². The highest BCUT2D eigenvalue weighted by Gasteiger charge is 2.26. The lowest BCUT2D eigenvalue weighted by atomic mass is 9.95. The van der Waals surface area contributed by atoms with Gasteiger partial charge in [-0.3, -0.25) is 9.20 Å². The van der Waals surface area contributed by atoms with Crippen molar-refractivity contribution in [3.63, 3.8) is 0 Å². The zero-order valence-electron chi connectivity index (χ0n) is 13.8. The van der Waals surface area contributed by atoms with Crippen molar-refractivity contribution in [2.75, 3.05) is 12.8 Å². The van der Waals surface area contributed by atoms with E-state index in [0.717, 1.165) is 31.4 Å². The molecule has 0 bridgehead atoms. The topological polar surface area (TPSA) is 53.5 Å². The van der Waals surface area contributed by atoms with Gasteiger partial charge in [0, 0.05) is 47.0 Å². The molecule has 1 aliphatic rings. The third-order valence-electron chi connectivity index (χ3n) is 4.25. The molecule has 0 radical (unpaired) electrons. The number of rotatable bonds is 5. The molecule has 1 aromatic carbocycles. The molecule has 0 heterocycles. The molecule has 4 nitrogen and oxygen atoms in total. The first-order valence-corrected chi connectivity index (χ1v) is 9.60. The summed E-state index contributed by atoms with van der Waals surface area (Å²) >= 11 is 0. The van der Waals surface area contributed by atoms with E-state index in [1.165, 1.54) is 6.07 Å². The van der Waals surface area contributed by atoms with E-state index in [9.17, 15) is 8.60 Å². The normalized spacial score (nSPS) is 23.3. The number of hydrogen-bond donors (Lipinski definition) is 2. The Morgan fingerprint density at radius 1 is 1.39 bits per heavy atom. The minimum absolute atomic E-state index is 0.216. The second kappa shape index (κ2) is 9.01. The summed E-state index contributed by atoms with van der Waals surface area (Å²) in [5.41, 5.74) is 0.615. The third-order valence-corrected chi connectivity index (χ3v) is 5.99. The van der Waals surface area contributed by atoms with Gasteiger partial charge in [0.2, 0.25) is 0 Å². The van der Waals surface area contributed by atoms with Crippen LogP contribution in [0.5, 0.6) is 0 Å². The molecule has 3 unspecified atom stereocenters. The van der Waals surface area contributed by atoms with Gasteiger partial charge in [0.05, 0.1) is 0 Å². The zero-order valence-corrected chi connectivity index (χ0v) is 14.7. The highest BCUT2D eigenvalue weighted by molar-refractivity contribution is 7.85. The zero-order chi connectivity index (χ0) is 16.7. The van der Waals surface area contributed by atoms with Crippen LogP contribution in [0.25, 0.3) is 0 Å². The molecular weight excluding hydrogens is 313 g/mol. The quantitative estimate of drug-likeness (QED) is 0.640. The fraction of sp³-hybridized carbons (Fsp3) is 0.588. The number of hydrogen-bond acceptors (Lipinski definition) is 2. The van der Waals surface area contributed by atoms with Gasteiger partial charge in [0.25, 0.3) is 0 Å². The second-order valence-corrected chi connectivity index (χ2v) is 7.82. The highest BCUT2D eigenvalue weighted by Crippen LogP contribution is 2.23. The monoisotopic (exact) mass is 339 g/mol. The Balaban J connectivity index is 1.87. The van der Waals surface area contributed by atoms with Crippen LogP contribution in [-0.4, -0.2) is 34.3 Å². The van der Waals surface area contributed by atoms with Crippen LogP contribution in [0.4, 0.5) is 4.39 Å². The molecule has 0 spiro atoms. The van der Waals surface area contributed by atoms with Crippen molar-refractivity contribution < 1.29 is 8.60 Å². The number of nitrogens with zero attached hydrogens (tertiary/aromatic N) is 1. The first kappa shape index (κ1) is 17.9. The Morgan fingerprint density at radius 2 is 2.17 bits per heavy atom. The van der Waals surface area contributed by atoms with Gasteiger partial charge in [0.1, 0.15) is 5.82 Å². The molecule has 1 fully saturated rings. The minimum Gasteiger partial charge on any atom is -0.354 e. The summed E-state index contributed by atoms with van der Waals surface area (Å²) in [6.45, 7) is 2.37. The molecule has 0 aromatic heterocycles. The van der Waals surface area contributed by atoms with Crippen molar-refractivity contribution in [2.45, 2.75) is 50.4 Å². The van der Waals surface area contributed by atoms with Crippen molar-refractivity contribution in [1.82, 2.24) is 10.6 Å². The summed E-state index contributed by atoms with van der Waals surface area (Å²) in [6.07, 6.45) is 4.08. The Hall–Kier alpha value is -1.43. The molecule has 2 rings (SSSR count). The van der Waals surface area contributed by atoms with E-state index in [4.69, 9.17) is 0 Å². The maximum Gasteiger partial charge on any atom is 0.191 e. The molecule has 128 valence electrons. The summed E-state index contributed by atoms with van der Waals surface area (Å²) in [5, 5.41) is 6.82. The first-order valence-electron chi connectivity index (χ1n) is 8.21. The van der Waals surface area contributed by atoms with E-state index >= 15 is 0 Å². The first-order chi connectivity index (χ1) is 11.1. The van der Waals surface area contributed by atoms with E-state index in [0.29, 0.717) is 18.1 Å². The lowest BCUT2D eigenvalue weighted by Gasteiger charge is -2.30. The Labute approximate surface area is 140 Å². The Bertz CT molecular complexity index is 565. The third kappa shape index (κ3) is 5.30. The van der Waals surface area contributed by atoms with E-state index < -0.39 is 10.8 Å². The van der Waals surface area contributed by atoms with Crippen molar-refractivity contribution in [1.29, 1.82) is 0 Å². The van der Waals surface area contributed by atoms with Crippen LogP contribution in [0.2, 0.25) is 0 Å². The molecular formula is C17H26FN3OS. The predicted molar refractivity (Wildman–Crippen MR) is 94.5 cm³/mol. The fourth-order valence-electron chi connectivity index (χ4n) is 2.96. The second-order valence-electron chi connectivity index (χ2n) is 5.82. The number of guanidine groups is 1. The molecule has 0 amide bonds. The van der Waals surface area contributed by atoms with Crippen LogP contribution >= 0.6 is 0 Å². The summed E-state index contributed by atoms with van der Waals surface area (Å²) in [4.78, 5) is 4.21. The Kier molecular flexibility index (Phi) is 7.02. The SMILES string of the molecule is CCS(=O)C1CCCC(NC(=NC)NCc2ccccc2F)C1. The summed E-state index contributed by atoms with van der Waals surface area (Å²) in [6, 6.07) is 7.00. The van der Waals surface area contributed by atoms with Crippen LogP contribution in [-0.2, 0) is 17.3 Å². The lowest BCUT2D eigenvalue weighted by Crippen LogP contribution is -2.46. The maximum absolute atomic E-state index is 13.6. The van der Waals surface area contributed by atoms with Gasteiger partial charge in [0.15, 0.2) is 5.96 Å². The van der Waals surface area contributed by atoms with E-state index in [-0.39, 0.29) is 17.1 Å². The fourth-order valence-corrected chi connectivity index (χ4v) is 4.31. The van der Waals surface area contributed by atoms with Crippen LogP contribution < -0.4 is 10.6 Å². The molecule has 1 saturated carbocycles. The standard InChI is InChI=1S/C17H26FN3OS/c1-3-23(22)15-9-6-8-14(11-15)21-17(19-2)20-12-13-7-4-5-10-16(13)18/h4-5,7,10,14-15H,3,6,8-9,11-12H2,1-2H3,(H2,19,20,21). The summed E-state index contributed by atoms with van der Waals surface area (Å²) < 4.78 is 25.7. The van der Waals surface area contributed by atoms with Gasteiger partial charge in [-0.15, -0.1) is 0 Å². The van der Waals surface area contributed by atoms with Gasteiger partial charge in [-0.25, -0.2) is 4.39 Å². The number of benzene rings is 1. The van der Waals surface area contributed by atoms with Gasteiger partial charge < -0.3 is 10.6 Å². The van der Waals surface area contributed by atoms with Crippen LogP contribution in [0.15, 0.2) is 29.3 Å². The van der Waals surface area contributed by atoms with Crippen molar-refractivity contribution in [2.24, 2.45) is 4.99 Å². The van der Waals surface area contributed by atoms with Crippen LogP contribution in [0.1, 0.15) is 38.2 Å². The van der Waals surface area contributed by atoms with Gasteiger partial charge in [-0.05, 0) is 25.3 Å². The molecule has 23 heavy (non-hydrogen) atoms. The molecule has 6 heteroatoms. The van der Waals surface area contributed by atoms with Gasteiger partial charge in [-0.1, -0.05) is 31.5 Å². The molecule has 3 atom stereocenters. The summed E-state index contributed by atoms with van der Waals surface area (Å²) in [5.74, 6) is 1.17. The number of nitrogens with one attached hydrogen (secondary N) is 2. The molecule has 2 N–H and O–H groups in total. The van der Waals surface area contributed by atoms with E-state index in [1.807, 2.05) is 13.0 Å². The van der Waals surface area contributed by atoms with Crippen LogP contribution in [0.3, 0.4) is 0 Å². The van der Waals surface area contributed by atoms with E-state index in [1.54, 1.807) is 19.2 Å². The van der Waals surface area contributed by atoms with E-state index in [2.05, 4.69) is 15.6 Å². The Morgan fingerprint density at radius 3 is 2.87 bits per heavy atom. The van der Waals surface area contributed by atoms with Crippen molar-refractivity contribution in [3.8, 4) is 0 Å². The average Bonchev–Trinajstić information content (AvgIpc) is 2.59. The number of aliphatic imine (C=N–C) groups is 1.